The van der Waals surface area contributed by atoms with Gasteiger partial charge in [-0.25, -0.2) is 0 Å². The molecule has 0 aromatic heterocycles. The largest absolute Gasteiger partial charge is 0.481 e. The number of carboxylic acids is 1. The van der Waals surface area contributed by atoms with E-state index in [4.69, 9.17) is 5.11 Å². The van der Waals surface area contributed by atoms with Crippen LogP contribution in [0.3, 0.4) is 0 Å². The van der Waals surface area contributed by atoms with Crippen molar-refractivity contribution >= 4 is 11.9 Å². The third-order valence-electron chi connectivity index (χ3n) is 3.28. The van der Waals surface area contributed by atoms with E-state index in [1.54, 1.807) is 4.90 Å². The lowest BCUT2D eigenvalue weighted by Gasteiger charge is -2.20. The minimum atomic E-state index is -0.883. The fourth-order valence-corrected chi connectivity index (χ4v) is 2.01. The van der Waals surface area contributed by atoms with Crippen molar-refractivity contribution in [2.24, 2.45) is 0 Å². The fraction of sp³-hybridized carbons (Fsp3) is 0.500. The molecule has 4 nitrogen and oxygen atoms in total. The van der Waals surface area contributed by atoms with E-state index < -0.39 is 5.97 Å². The Morgan fingerprint density at radius 1 is 1.15 bits per heavy atom. The smallest absolute Gasteiger partial charge is 0.305 e. The van der Waals surface area contributed by atoms with Crippen LogP contribution in [0.1, 0.15) is 49.0 Å². The molecular weight excluding hydrogens is 254 g/mol. The van der Waals surface area contributed by atoms with Crippen LogP contribution in [0.15, 0.2) is 24.3 Å². The van der Waals surface area contributed by atoms with Gasteiger partial charge in [-0.05, 0) is 37.5 Å². The van der Waals surface area contributed by atoms with E-state index in [1.165, 1.54) is 5.56 Å². The summed E-state index contributed by atoms with van der Waals surface area (Å²) in [7, 11) is 0. The summed E-state index contributed by atoms with van der Waals surface area (Å²) in [5.41, 5.74) is 1.86. The first-order valence-corrected chi connectivity index (χ1v) is 7.18. The zero-order valence-electron chi connectivity index (χ0n) is 12.3. The van der Waals surface area contributed by atoms with E-state index in [1.807, 2.05) is 31.2 Å². The fourth-order valence-electron chi connectivity index (χ4n) is 2.01. The van der Waals surface area contributed by atoms with E-state index >= 15 is 0 Å². The molecule has 1 rings (SSSR count). The molecule has 0 heterocycles. The molecule has 0 aliphatic carbocycles. The molecule has 4 heteroatoms. The zero-order chi connectivity index (χ0) is 15.0. The van der Waals surface area contributed by atoms with Crippen molar-refractivity contribution in [3.63, 3.8) is 0 Å². The van der Waals surface area contributed by atoms with E-state index in [0.29, 0.717) is 12.1 Å². The second-order valence-electron chi connectivity index (χ2n) is 4.83. The number of carbonyl (C=O) groups excluding carboxylic acids is 1. The van der Waals surface area contributed by atoms with Crippen molar-refractivity contribution in [3.05, 3.63) is 35.4 Å². The zero-order valence-corrected chi connectivity index (χ0v) is 12.3. The average Bonchev–Trinajstić information content (AvgIpc) is 2.45. The van der Waals surface area contributed by atoms with E-state index in [2.05, 4.69) is 6.92 Å². The number of amides is 1. The number of aliphatic carboxylic acids is 1. The first-order valence-electron chi connectivity index (χ1n) is 7.18. The van der Waals surface area contributed by atoms with Crippen LogP contribution in [-0.4, -0.2) is 35.0 Å². The number of aryl methyl sites for hydroxylation is 1. The van der Waals surface area contributed by atoms with Crippen LogP contribution >= 0.6 is 0 Å². The molecule has 0 aliphatic rings. The standard InChI is InChI=1S/C16H23NO3/c1-3-5-6-13-7-9-14(10-8-13)16(20)17(4-2)12-11-15(18)19/h7-10H,3-6,11-12H2,1-2H3,(H,18,19). The first kappa shape index (κ1) is 16.2. The van der Waals surface area contributed by atoms with Crippen molar-refractivity contribution in [1.29, 1.82) is 0 Å². The molecule has 0 bridgehead atoms. The molecule has 0 saturated heterocycles. The monoisotopic (exact) mass is 277 g/mol. The van der Waals surface area contributed by atoms with Gasteiger partial charge in [0.2, 0.25) is 0 Å². The minimum absolute atomic E-state index is 0.0197. The maximum atomic E-state index is 12.2. The van der Waals surface area contributed by atoms with Crippen LogP contribution in [-0.2, 0) is 11.2 Å². The maximum absolute atomic E-state index is 12.2. The summed E-state index contributed by atoms with van der Waals surface area (Å²) < 4.78 is 0. The van der Waals surface area contributed by atoms with Gasteiger partial charge in [0, 0.05) is 18.7 Å². The van der Waals surface area contributed by atoms with Gasteiger partial charge in [-0.2, -0.15) is 0 Å². The van der Waals surface area contributed by atoms with Gasteiger partial charge in [0.25, 0.3) is 5.91 Å². The molecule has 0 saturated carbocycles. The van der Waals surface area contributed by atoms with Gasteiger partial charge in [-0.3, -0.25) is 9.59 Å². The number of carbonyl (C=O) groups is 2. The van der Waals surface area contributed by atoms with Gasteiger partial charge in [0.05, 0.1) is 6.42 Å². The van der Waals surface area contributed by atoms with Gasteiger partial charge < -0.3 is 10.0 Å². The molecule has 0 aliphatic heterocycles. The Labute approximate surface area is 120 Å². The van der Waals surface area contributed by atoms with Crippen LogP contribution < -0.4 is 0 Å². The Hall–Kier alpha value is -1.84. The summed E-state index contributed by atoms with van der Waals surface area (Å²) in [6.45, 7) is 4.78. The molecule has 0 radical (unpaired) electrons. The molecule has 1 N–H and O–H groups in total. The molecule has 1 aromatic carbocycles. The van der Waals surface area contributed by atoms with Crippen LogP contribution in [0.4, 0.5) is 0 Å². The number of unbranched alkanes of at least 4 members (excludes halogenated alkanes) is 1. The Morgan fingerprint density at radius 3 is 2.30 bits per heavy atom. The molecular formula is C16H23NO3. The van der Waals surface area contributed by atoms with Crippen molar-refractivity contribution in [1.82, 2.24) is 4.90 Å². The third-order valence-corrected chi connectivity index (χ3v) is 3.28. The lowest BCUT2D eigenvalue weighted by atomic mass is 10.1. The van der Waals surface area contributed by atoms with Crippen LogP contribution in [0, 0.1) is 0 Å². The van der Waals surface area contributed by atoms with Gasteiger partial charge in [0.15, 0.2) is 0 Å². The SMILES string of the molecule is CCCCc1ccc(C(=O)N(CC)CCC(=O)O)cc1. The van der Waals surface area contributed by atoms with Gasteiger partial charge >= 0.3 is 5.97 Å². The van der Waals surface area contributed by atoms with Crippen molar-refractivity contribution in [2.45, 2.75) is 39.5 Å². The molecule has 20 heavy (non-hydrogen) atoms. The molecule has 0 unspecified atom stereocenters. The lowest BCUT2D eigenvalue weighted by molar-refractivity contribution is -0.137. The molecule has 0 atom stereocenters. The highest BCUT2D eigenvalue weighted by molar-refractivity contribution is 5.94. The van der Waals surface area contributed by atoms with Crippen LogP contribution in [0.2, 0.25) is 0 Å². The summed E-state index contributed by atoms with van der Waals surface area (Å²) in [5, 5.41) is 8.69. The Kier molecular flexibility index (Phi) is 6.77. The quantitative estimate of drug-likeness (QED) is 0.794. The molecule has 1 amide bonds. The summed E-state index contributed by atoms with van der Waals surface area (Å²) in [5.74, 6) is -0.984. The predicted octanol–water partition coefficient (Wildman–Crippen LogP) is 2.97. The number of hydrogen-bond acceptors (Lipinski definition) is 2. The number of nitrogens with zero attached hydrogens (tertiary/aromatic N) is 1. The summed E-state index contributed by atoms with van der Waals surface area (Å²) in [6, 6.07) is 7.62. The number of benzene rings is 1. The predicted molar refractivity (Wildman–Crippen MR) is 78.9 cm³/mol. The van der Waals surface area contributed by atoms with E-state index in [-0.39, 0.29) is 18.9 Å². The Morgan fingerprint density at radius 2 is 1.80 bits per heavy atom. The topological polar surface area (TPSA) is 57.6 Å². The van der Waals surface area contributed by atoms with Crippen LogP contribution in [0.25, 0.3) is 0 Å². The van der Waals surface area contributed by atoms with Gasteiger partial charge in [-0.15, -0.1) is 0 Å². The number of hydrogen-bond donors (Lipinski definition) is 1. The Bertz CT molecular complexity index is 440. The summed E-state index contributed by atoms with van der Waals surface area (Å²) in [4.78, 5) is 24.4. The van der Waals surface area contributed by atoms with Crippen molar-refractivity contribution < 1.29 is 14.7 Å². The van der Waals surface area contributed by atoms with Gasteiger partial charge in [-0.1, -0.05) is 25.5 Å². The lowest BCUT2D eigenvalue weighted by Crippen LogP contribution is -2.32. The molecule has 1 aromatic rings. The minimum Gasteiger partial charge on any atom is -0.481 e. The van der Waals surface area contributed by atoms with Crippen molar-refractivity contribution in [3.8, 4) is 0 Å². The summed E-state index contributed by atoms with van der Waals surface area (Å²) >= 11 is 0. The number of carboxylic acid groups (broad SMARTS) is 1. The highest BCUT2D eigenvalue weighted by atomic mass is 16.4. The highest BCUT2D eigenvalue weighted by Crippen LogP contribution is 2.10. The average molecular weight is 277 g/mol. The second-order valence-corrected chi connectivity index (χ2v) is 4.83. The van der Waals surface area contributed by atoms with Crippen LogP contribution in [0.5, 0.6) is 0 Å². The van der Waals surface area contributed by atoms with E-state index in [0.717, 1.165) is 19.3 Å². The third kappa shape index (κ3) is 5.03. The second kappa shape index (κ2) is 8.35. The van der Waals surface area contributed by atoms with E-state index in [9.17, 15) is 9.59 Å². The Balaban J connectivity index is 2.67. The number of rotatable bonds is 8. The van der Waals surface area contributed by atoms with Crippen molar-refractivity contribution in [2.75, 3.05) is 13.1 Å². The first-order chi connectivity index (χ1) is 9.58. The molecule has 110 valence electrons. The normalized spacial score (nSPS) is 10.3. The molecule has 0 fully saturated rings. The van der Waals surface area contributed by atoms with Gasteiger partial charge in [0.1, 0.15) is 0 Å². The summed E-state index contributed by atoms with van der Waals surface area (Å²) in [6.07, 6.45) is 3.31. The molecule has 0 spiro atoms. The highest BCUT2D eigenvalue weighted by Gasteiger charge is 2.14. The maximum Gasteiger partial charge on any atom is 0.305 e.